The summed E-state index contributed by atoms with van der Waals surface area (Å²) in [5, 5.41) is 9.17. The molecule has 0 aliphatic heterocycles. The molecule has 0 spiro atoms. The van der Waals surface area contributed by atoms with Crippen LogP contribution in [0, 0.1) is 0 Å². The largest absolute Gasteiger partial charge is 0.392 e. The predicted molar refractivity (Wildman–Crippen MR) is 111 cm³/mol. The lowest BCUT2D eigenvalue weighted by molar-refractivity contribution is 0.121. The molecule has 0 fully saturated rings. The van der Waals surface area contributed by atoms with Crippen molar-refractivity contribution < 1.29 is 14.6 Å². The van der Waals surface area contributed by atoms with E-state index in [0.29, 0.717) is 6.42 Å². The summed E-state index contributed by atoms with van der Waals surface area (Å²) in [5.41, 5.74) is 0. The van der Waals surface area contributed by atoms with Gasteiger partial charge in [-0.25, -0.2) is 0 Å². The lowest BCUT2D eigenvalue weighted by Gasteiger charge is -2.27. The van der Waals surface area contributed by atoms with Crippen LogP contribution in [-0.4, -0.2) is 21.3 Å². The summed E-state index contributed by atoms with van der Waals surface area (Å²) in [5.74, 6) is 0. The van der Waals surface area contributed by atoms with Crippen LogP contribution in [-0.2, 0) is 4.57 Å². The van der Waals surface area contributed by atoms with E-state index in [4.69, 9.17) is 0 Å². The van der Waals surface area contributed by atoms with Gasteiger partial charge in [0.25, 0.3) is 0 Å². The number of aliphatic hydroxyl groups excluding tert-OH is 1. The Kier molecular flexibility index (Phi) is 16.4. The first-order valence-electron chi connectivity index (χ1n) is 10.8. The standard InChI is InChI=1S/C21H45O3P/c1-4-5-6-7-8-9-10-11-12-13-14-15-16-17-18-19-20(22)21(2,3)25(23)24/h20,22,25H,4-19H2,1-3H3,(H,23,24). The second-order valence-electron chi connectivity index (χ2n) is 8.28. The Morgan fingerprint density at radius 3 is 1.36 bits per heavy atom. The second-order valence-corrected chi connectivity index (χ2v) is 10.2. The maximum Gasteiger partial charge on any atom is 0.197 e. The van der Waals surface area contributed by atoms with Crippen LogP contribution in [0.4, 0.5) is 0 Å². The summed E-state index contributed by atoms with van der Waals surface area (Å²) in [4.78, 5) is 9.26. The molecule has 152 valence electrons. The second kappa shape index (κ2) is 16.3. The minimum absolute atomic E-state index is 0.641. The van der Waals surface area contributed by atoms with E-state index in [0.717, 1.165) is 12.8 Å². The van der Waals surface area contributed by atoms with Gasteiger partial charge >= 0.3 is 0 Å². The highest BCUT2D eigenvalue weighted by molar-refractivity contribution is 7.40. The zero-order chi connectivity index (χ0) is 19.0. The van der Waals surface area contributed by atoms with Gasteiger partial charge in [0.05, 0.1) is 11.3 Å². The molecule has 2 atom stereocenters. The molecular weight excluding hydrogens is 331 g/mol. The molecule has 4 heteroatoms. The highest BCUT2D eigenvalue weighted by Crippen LogP contribution is 2.39. The predicted octanol–water partition coefficient (Wildman–Crippen LogP) is 6.85. The minimum atomic E-state index is -2.68. The summed E-state index contributed by atoms with van der Waals surface area (Å²) in [7, 11) is -2.68. The van der Waals surface area contributed by atoms with Crippen molar-refractivity contribution in [3.05, 3.63) is 0 Å². The van der Waals surface area contributed by atoms with Crippen LogP contribution < -0.4 is 0 Å². The van der Waals surface area contributed by atoms with E-state index in [-0.39, 0.29) is 0 Å². The maximum atomic E-state index is 11.2. The zero-order valence-electron chi connectivity index (χ0n) is 17.2. The topological polar surface area (TPSA) is 57.5 Å². The summed E-state index contributed by atoms with van der Waals surface area (Å²) in [6.07, 6.45) is 19.9. The van der Waals surface area contributed by atoms with Crippen LogP contribution >= 0.6 is 8.03 Å². The van der Waals surface area contributed by atoms with Crippen LogP contribution in [0.5, 0.6) is 0 Å². The van der Waals surface area contributed by atoms with Gasteiger partial charge < -0.3 is 10.00 Å². The van der Waals surface area contributed by atoms with Gasteiger partial charge in [-0.15, -0.1) is 0 Å². The van der Waals surface area contributed by atoms with Crippen LogP contribution in [0.2, 0.25) is 0 Å². The van der Waals surface area contributed by atoms with Gasteiger partial charge in [-0.3, -0.25) is 4.57 Å². The first kappa shape index (κ1) is 25.1. The Balaban J connectivity index is 3.28. The first-order chi connectivity index (χ1) is 11.9. The first-order valence-corrected chi connectivity index (χ1v) is 12.2. The summed E-state index contributed by atoms with van der Waals surface area (Å²) in [6.45, 7) is 5.64. The van der Waals surface area contributed by atoms with E-state index in [1.807, 2.05) is 0 Å². The molecule has 3 nitrogen and oxygen atoms in total. The van der Waals surface area contributed by atoms with Crippen molar-refractivity contribution in [2.24, 2.45) is 0 Å². The Hall–Kier alpha value is 0.150. The fourth-order valence-corrected chi connectivity index (χ4v) is 3.64. The maximum absolute atomic E-state index is 11.2. The lowest BCUT2D eigenvalue weighted by Crippen LogP contribution is -2.32. The van der Waals surface area contributed by atoms with E-state index in [1.54, 1.807) is 13.8 Å². The Labute approximate surface area is 157 Å². The van der Waals surface area contributed by atoms with Crippen LogP contribution in [0.3, 0.4) is 0 Å². The molecule has 2 N–H and O–H groups in total. The van der Waals surface area contributed by atoms with Gasteiger partial charge in [0, 0.05) is 0 Å². The molecule has 0 heterocycles. The van der Waals surface area contributed by atoms with Gasteiger partial charge in [-0.1, -0.05) is 103 Å². The van der Waals surface area contributed by atoms with Gasteiger partial charge in [0.15, 0.2) is 8.03 Å². The van der Waals surface area contributed by atoms with Crippen molar-refractivity contribution in [2.75, 3.05) is 0 Å². The van der Waals surface area contributed by atoms with E-state index in [1.165, 1.54) is 83.5 Å². The van der Waals surface area contributed by atoms with Crippen LogP contribution in [0.15, 0.2) is 0 Å². The van der Waals surface area contributed by atoms with E-state index in [2.05, 4.69) is 6.92 Å². The number of unbranched alkanes of at least 4 members (excludes halogenated alkanes) is 14. The molecule has 0 aliphatic carbocycles. The molecule has 2 unspecified atom stereocenters. The molecular formula is C21H45O3P. The van der Waals surface area contributed by atoms with Gasteiger partial charge in [-0.05, 0) is 20.3 Å². The SMILES string of the molecule is CCCCCCCCCCCCCCCCCC(O)C(C)(C)[PH](=O)O. The molecule has 0 aromatic rings. The minimum Gasteiger partial charge on any atom is -0.392 e. The quantitative estimate of drug-likeness (QED) is 0.203. The van der Waals surface area contributed by atoms with Crippen molar-refractivity contribution in [1.29, 1.82) is 0 Å². The third-order valence-corrected chi connectivity index (χ3v) is 6.90. The molecule has 0 amide bonds. The summed E-state index contributed by atoms with van der Waals surface area (Å²) in [6, 6.07) is 0. The summed E-state index contributed by atoms with van der Waals surface area (Å²) >= 11 is 0. The molecule has 0 saturated heterocycles. The monoisotopic (exact) mass is 376 g/mol. The Morgan fingerprint density at radius 1 is 0.720 bits per heavy atom. The Bertz CT molecular complexity index is 318. The van der Waals surface area contributed by atoms with Crippen molar-refractivity contribution in [3.63, 3.8) is 0 Å². The smallest absolute Gasteiger partial charge is 0.197 e. The van der Waals surface area contributed by atoms with E-state index >= 15 is 0 Å². The van der Waals surface area contributed by atoms with E-state index < -0.39 is 19.3 Å². The molecule has 0 bridgehead atoms. The molecule has 0 radical (unpaired) electrons. The zero-order valence-corrected chi connectivity index (χ0v) is 18.2. The highest BCUT2D eigenvalue weighted by atomic mass is 31.1. The molecule has 0 aromatic carbocycles. The lowest BCUT2D eigenvalue weighted by atomic mass is 9.99. The normalized spacial score (nSPS) is 14.6. The van der Waals surface area contributed by atoms with E-state index in [9.17, 15) is 14.6 Å². The number of aliphatic hydroxyl groups is 1. The van der Waals surface area contributed by atoms with Crippen LogP contribution in [0.1, 0.15) is 124 Å². The fourth-order valence-electron chi connectivity index (χ4n) is 3.21. The third kappa shape index (κ3) is 13.9. The van der Waals surface area contributed by atoms with Gasteiger partial charge in [0.2, 0.25) is 0 Å². The van der Waals surface area contributed by atoms with Crippen molar-refractivity contribution in [2.45, 2.75) is 135 Å². The molecule has 0 aliphatic rings. The number of rotatable bonds is 18. The van der Waals surface area contributed by atoms with Crippen molar-refractivity contribution in [1.82, 2.24) is 0 Å². The van der Waals surface area contributed by atoms with Gasteiger partial charge in [0.1, 0.15) is 0 Å². The molecule has 0 aromatic heterocycles. The molecule has 0 rings (SSSR count). The number of hydrogen-bond acceptors (Lipinski definition) is 2. The highest BCUT2D eigenvalue weighted by Gasteiger charge is 2.32. The number of hydrogen-bond donors (Lipinski definition) is 2. The summed E-state index contributed by atoms with van der Waals surface area (Å²) < 4.78 is 11.2. The van der Waals surface area contributed by atoms with Crippen molar-refractivity contribution in [3.8, 4) is 0 Å². The molecule has 25 heavy (non-hydrogen) atoms. The average molecular weight is 377 g/mol. The fraction of sp³-hybridized carbons (Fsp3) is 1.00. The molecule has 0 saturated carbocycles. The van der Waals surface area contributed by atoms with Gasteiger partial charge in [-0.2, -0.15) is 0 Å². The third-order valence-electron chi connectivity index (χ3n) is 5.47. The van der Waals surface area contributed by atoms with Crippen LogP contribution in [0.25, 0.3) is 0 Å². The Morgan fingerprint density at radius 2 is 1.04 bits per heavy atom. The average Bonchev–Trinajstić information content (AvgIpc) is 2.57. The van der Waals surface area contributed by atoms with Crippen molar-refractivity contribution >= 4 is 8.03 Å².